The van der Waals surface area contributed by atoms with E-state index < -0.39 is 35.4 Å². The van der Waals surface area contributed by atoms with E-state index in [1.807, 2.05) is 0 Å². The molecule has 0 unspecified atom stereocenters. The van der Waals surface area contributed by atoms with E-state index in [2.05, 4.69) is 0 Å². The Kier molecular flexibility index (Phi) is 2.98. The Hall–Kier alpha value is -2.34. The lowest BCUT2D eigenvalue weighted by Gasteiger charge is -2.39. The van der Waals surface area contributed by atoms with Crippen molar-refractivity contribution in [3.8, 4) is 11.5 Å². The Bertz CT molecular complexity index is 662. The second-order valence-corrected chi connectivity index (χ2v) is 5.48. The molecule has 0 amide bonds. The molecule has 1 aromatic carbocycles. The molecule has 4 N–H and O–H groups in total. The number of hydrogen-bond donors (Lipinski definition) is 4. The van der Waals surface area contributed by atoms with E-state index in [9.17, 15) is 30.0 Å². The molecule has 2 aliphatic rings. The Morgan fingerprint density at radius 1 is 1.05 bits per heavy atom. The summed E-state index contributed by atoms with van der Waals surface area (Å²) in [6.07, 6.45) is 0.0640. The average molecular weight is 290 g/mol. The van der Waals surface area contributed by atoms with Crippen LogP contribution in [0.1, 0.15) is 17.9 Å². The summed E-state index contributed by atoms with van der Waals surface area (Å²) in [5, 5.41) is 38.8. The van der Waals surface area contributed by atoms with Crippen molar-refractivity contribution >= 4 is 11.6 Å². The van der Waals surface area contributed by atoms with E-state index in [-0.39, 0.29) is 23.7 Å². The maximum absolute atomic E-state index is 12.3. The molecule has 0 spiro atoms. The number of fused-ring (bicyclic) bond motifs is 2. The van der Waals surface area contributed by atoms with Crippen LogP contribution in [0, 0.1) is 11.8 Å². The number of carbonyl (C=O) groups excluding carboxylic acids is 2. The van der Waals surface area contributed by atoms with Gasteiger partial charge in [-0.25, -0.2) is 0 Å². The molecule has 0 heterocycles. The van der Waals surface area contributed by atoms with Crippen LogP contribution in [0.5, 0.6) is 11.5 Å². The highest BCUT2D eigenvalue weighted by atomic mass is 16.3. The van der Waals surface area contributed by atoms with Gasteiger partial charge < -0.3 is 20.4 Å². The summed E-state index contributed by atoms with van der Waals surface area (Å²) >= 11 is 0. The molecule has 0 saturated heterocycles. The number of aromatic hydroxyl groups is 2. The van der Waals surface area contributed by atoms with Crippen molar-refractivity contribution in [3.05, 3.63) is 35.6 Å². The maximum Gasteiger partial charge on any atom is 0.170 e. The van der Waals surface area contributed by atoms with Gasteiger partial charge in [-0.05, 0) is 24.1 Å². The molecule has 0 aliphatic heterocycles. The molecule has 1 fully saturated rings. The van der Waals surface area contributed by atoms with Crippen molar-refractivity contribution in [1.82, 2.24) is 0 Å². The molecule has 110 valence electrons. The SMILES string of the molecule is O=C1C=C(O)[C@H]2C[C@H](O)[C@@H](c3ccc(O)c(O)c3)[C@@H]1C2=O. The van der Waals surface area contributed by atoms with Gasteiger partial charge in [-0.15, -0.1) is 0 Å². The summed E-state index contributed by atoms with van der Waals surface area (Å²) in [4.78, 5) is 24.3. The first kappa shape index (κ1) is 13.6. The Labute approximate surface area is 120 Å². The highest BCUT2D eigenvalue weighted by Gasteiger charge is 2.51. The summed E-state index contributed by atoms with van der Waals surface area (Å²) in [5.41, 5.74) is 0.401. The van der Waals surface area contributed by atoms with Gasteiger partial charge in [-0.3, -0.25) is 9.59 Å². The van der Waals surface area contributed by atoms with Gasteiger partial charge in [-0.2, -0.15) is 0 Å². The van der Waals surface area contributed by atoms with E-state index in [1.165, 1.54) is 18.2 Å². The molecule has 21 heavy (non-hydrogen) atoms. The Balaban J connectivity index is 2.08. The van der Waals surface area contributed by atoms with Gasteiger partial charge in [0.1, 0.15) is 5.76 Å². The molecular formula is C15H14O6. The number of rotatable bonds is 1. The number of hydrogen-bond acceptors (Lipinski definition) is 6. The average Bonchev–Trinajstić information content (AvgIpc) is 2.41. The normalized spacial score (nSPS) is 32.0. The standard InChI is InChI=1S/C15H14O6/c16-8-2-1-6(3-10(8)18)13-11(19)4-7-9(17)5-12(20)14(13)15(7)21/h1-3,5,7,11,13-14,16-19H,4H2/t7-,11+,13-,14-/m1/s1. The zero-order valence-corrected chi connectivity index (χ0v) is 10.9. The van der Waals surface area contributed by atoms with Crippen molar-refractivity contribution in [1.29, 1.82) is 0 Å². The Morgan fingerprint density at radius 2 is 1.76 bits per heavy atom. The van der Waals surface area contributed by atoms with Crippen LogP contribution in [0.4, 0.5) is 0 Å². The molecule has 0 aromatic heterocycles. The van der Waals surface area contributed by atoms with Crippen molar-refractivity contribution in [3.63, 3.8) is 0 Å². The fourth-order valence-corrected chi connectivity index (χ4v) is 3.20. The van der Waals surface area contributed by atoms with Crippen LogP contribution in [-0.2, 0) is 9.59 Å². The maximum atomic E-state index is 12.3. The van der Waals surface area contributed by atoms with E-state index in [0.29, 0.717) is 5.56 Å². The van der Waals surface area contributed by atoms with Crippen LogP contribution in [0.2, 0.25) is 0 Å². The van der Waals surface area contributed by atoms with E-state index in [4.69, 9.17) is 0 Å². The minimum absolute atomic E-state index is 0.0251. The number of phenolic OH excluding ortho intramolecular Hbond substituents is 2. The number of allylic oxidation sites excluding steroid dienone is 2. The molecule has 2 aliphatic carbocycles. The van der Waals surface area contributed by atoms with Gasteiger partial charge in [0, 0.05) is 12.0 Å². The monoisotopic (exact) mass is 290 g/mol. The van der Waals surface area contributed by atoms with Crippen LogP contribution < -0.4 is 0 Å². The van der Waals surface area contributed by atoms with Gasteiger partial charge in [0.05, 0.1) is 17.9 Å². The van der Waals surface area contributed by atoms with E-state index >= 15 is 0 Å². The molecule has 1 saturated carbocycles. The number of Topliss-reactive ketones (excluding diaryl/α,β-unsaturated/α-hetero) is 1. The van der Waals surface area contributed by atoms with Gasteiger partial charge in [-0.1, -0.05) is 6.07 Å². The Morgan fingerprint density at radius 3 is 2.43 bits per heavy atom. The first-order valence-corrected chi connectivity index (χ1v) is 6.58. The minimum atomic E-state index is -1.07. The third-order valence-corrected chi connectivity index (χ3v) is 4.24. The molecule has 1 aromatic rings. The number of aliphatic hydroxyl groups is 2. The lowest BCUT2D eigenvalue weighted by molar-refractivity contribution is -0.141. The lowest BCUT2D eigenvalue weighted by Crippen LogP contribution is -2.48. The minimum Gasteiger partial charge on any atom is -0.511 e. The molecule has 4 atom stereocenters. The van der Waals surface area contributed by atoms with Gasteiger partial charge in [0.15, 0.2) is 23.1 Å². The van der Waals surface area contributed by atoms with Crippen LogP contribution >= 0.6 is 0 Å². The predicted molar refractivity (Wildman–Crippen MR) is 70.8 cm³/mol. The summed E-state index contributed by atoms with van der Waals surface area (Å²) in [6, 6.07) is 3.94. The highest BCUT2D eigenvalue weighted by molar-refractivity contribution is 6.13. The number of aliphatic hydroxyl groups excluding tert-OH is 2. The topological polar surface area (TPSA) is 115 Å². The molecule has 6 nitrogen and oxygen atoms in total. The van der Waals surface area contributed by atoms with Crippen LogP contribution in [-0.4, -0.2) is 38.1 Å². The number of phenols is 2. The predicted octanol–water partition coefficient (Wildman–Crippen LogP) is 0.772. The van der Waals surface area contributed by atoms with Gasteiger partial charge >= 0.3 is 0 Å². The molecule has 3 rings (SSSR count). The van der Waals surface area contributed by atoms with Crippen molar-refractivity contribution in [2.24, 2.45) is 11.8 Å². The largest absolute Gasteiger partial charge is 0.511 e. The smallest absolute Gasteiger partial charge is 0.170 e. The first-order chi connectivity index (χ1) is 9.90. The third-order valence-electron chi connectivity index (χ3n) is 4.24. The molecule has 0 radical (unpaired) electrons. The van der Waals surface area contributed by atoms with E-state index in [1.54, 1.807) is 0 Å². The van der Waals surface area contributed by atoms with Crippen molar-refractivity contribution in [2.45, 2.75) is 18.4 Å². The summed E-state index contributed by atoms with van der Waals surface area (Å²) < 4.78 is 0. The highest BCUT2D eigenvalue weighted by Crippen LogP contribution is 2.44. The van der Waals surface area contributed by atoms with Gasteiger partial charge in [0.25, 0.3) is 0 Å². The molecule has 6 heteroatoms. The zero-order chi connectivity index (χ0) is 15.3. The second kappa shape index (κ2) is 4.60. The number of carbonyl (C=O) groups is 2. The summed E-state index contributed by atoms with van der Waals surface area (Å²) in [6.45, 7) is 0. The number of benzene rings is 1. The van der Waals surface area contributed by atoms with Crippen LogP contribution in [0.3, 0.4) is 0 Å². The van der Waals surface area contributed by atoms with Crippen molar-refractivity contribution in [2.75, 3.05) is 0 Å². The van der Waals surface area contributed by atoms with Crippen LogP contribution in [0.15, 0.2) is 30.0 Å². The zero-order valence-electron chi connectivity index (χ0n) is 10.9. The number of ketones is 2. The molecular weight excluding hydrogens is 276 g/mol. The molecule has 2 bridgehead atoms. The van der Waals surface area contributed by atoms with E-state index in [0.717, 1.165) is 6.08 Å². The lowest BCUT2D eigenvalue weighted by atomic mass is 9.64. The fraction of sp³-hybridized carbons (Fsp3) is 0.333. The summed E-state index contributed by atoms with van der Waals surface area (Å²) in [7, 11) is 0. The van der Waals surface area contributed by atoms with Crippen molar-refractivity contribution < 1.29 is 30.0 Å². The first-order valence-electron chi connectivity index (χ1n) is 6.58. The van der Waals surface area contributed by atoms with Crippen LogP contribution in [0.25, 0.3) is 0 Å². The van der Waals surface area contributed by atoms with Gasteiger partial charge in [0.2, 0.25) is 0 Å². The second-order valence-electron chi connectivity index (χ2n) is 5.48. The third kappa shape index (κ3) is 1.99. The quantitative estimate of drug-likeness (QED) is 0.448. The fourth-order valence-electron chi connectivity index (χ4n) is 3.20. The summed E-state index contributed by atoms with van der Waals surface area (Å²) in [5.74, 6) is -4.67.